The fourth-order valence-corrected chi connectivity index (χ4v) is 6.40. The first-order valence-corrected chi connectivity index (χ1v) is 10.6. The molecule has 0 unspecified atom stereocenters. The third kappa shape index (κ3) is 3.03. The lowest BCUT2D eigenvalue weighted by Gasteiger charge is -2.34. The smallest absolute Gasteiger partial charge is 0.247 e. The molecule has 4 rings (SSSR count). The summed E-state index contributed by atoms with van der Waals surface area (Å²) in [6, 6.07) is 3.16. The van der Waals surface area contributed by atoms with Crippen molar-refractivity contribution in [1.82, 2.24) is 24.0 Å². The fourth-order valence-electron chi connectivity index (χ4n) is 4.38. The highest BCUT2D eigenvalue weighted by molar-refractivity contribution is 7.89. The number of likely N-dealkylation sites (tertiary alicyclic amines) is 1. The summed E-state index contributed by atoms with van der Waals surface area (Å²) in [7, 11) is 0.247. The second kappa shape index (κ2) is 6.57. The van der Waals surface area contributed by atoms with Crippen molar-refractivity contribution in [2.24, 2.45) is 7.05 Å². The van der Waals surface area contributed by atoms with Crippen LogP contribution in [-0.2, 0) is 23.6 Å². The first-order chi connectivity index (χ1) is 12.8. The van der Waals surface area contributed by atoms with Gasteiger partial charge in [0.1, 0.15) is 10.7 Å². The van der Waals surface area contributed by atoms with E-state index < -0.39 is 10.0 Å². The summed E-state index contributed by atoms with van der Waals surface area (Å²) in [5.74, 6) is 0.541. The van der Waals surface area contributed by atoms with Gasteiger partial charge < -0.3 is 4.90 Å². The molecular formula is C18H26N6O2S. The average Bonchev–Trinajstić information content (AvgIpc) is 3.18. The molecule has 2 aliphatic heterocycles. The number of aromatic nitrogens is 3. The second-order valence-corrected chi connectivity index (χ2v) is 9.53. The number of sulfonamides is 1. The molecule has 0 N–H and O–H groups in total. The number of nitrogens with zero attached hydrogens (tertiary/aromatic N) is 6. The maximum absolute atomic E-state index is 13.4. The van der Waals surface area contributed by atoms with E-state index in [2.05, 4.69) is 15.0 Å². The van der Waals surface area contributed by atoms with Crippen molar-refractivity contribution in [2.45, 2.75) is 43.4 Å². The molecule has 1 saturated heterocycles. The van der Waals surface area contributed by atoms with Crippen molar-refractivity contribution in [2.75, 3.05) is 25.0 Å². The Morgan fingerprint density at radius 2 is 1.96 bits per heavy atom. The van der Waals surface area contributed by atoms with Crippen LogP contribution < -0.4 is 4.90 Å². The third-order valence-corrected chi connectivity index (χ3v) is 7.59. The molecule has 0 aliphatic carbocycles. The molecule has 8 nitrogen and oxygen atoms in total. The molecule has 0 bridgehead atoms. The van der Waals surface area contributed by atoms with Gasteiger partial charge in [0, 0.05) is 57.7 Å². The minimum atomic E-state index is -3.61. The van der Waals surface area contributed by atoms with Gasteiger partial charge in [-0.15, -0.1) is 0 Å². The number of likely N-dealkylation sites (N-methyl/N-ethyl adjacent to an activating group) is 1. The van der Waals surface area contributed by atoms with Crippen molar-refractivity contribution in [3.63, 3.8) is 0 Å². The van der Waals surface area contributed by atoms with E-state index in [-0.39, 0.29) is 18.1 Å². The number of aryl methyl sites for hydroxylation is 1. The lowest BCUT2D eigenvalue weighted by molar-refractivity contribution is 0.249. The van der Waals surface area contributed by atoms with Crippen LogP contribution in [0.15, 0.2) is 35.6 Å². The number of fused-ring (bicyclic) bond motifs is 2. The molecule has 0 saturated carbocycles. The molecule has 0 amide bonds. The van der Waals surface area contributed by atoms with Crippen molar-refractivity contribution in [3.05, 3.63) is 36.3 Å². The van der Waals surface area contributed by atoms with Crippen LogP contribution in [0.2, 0.25) is 0 Å². The number of pyridine rings is 1. The van der Waals surface area contributed by atoms with E-state index in [1.165, 1.54) is 0 Å². The molecule has 0 aromatic carbocycles. The molecule has 2 aromatic heterocycles. The minimum Gasteiger partial charge on any atom is -0.353 e. The van der Waals surface area contributed by atoms with Gasteiger partial charge in [-0.2, -0.15) is 9.40 Å². The molecule has 2 aromatic rings. The molecule has 4 heterocycles. The monoisotopic (exact) mass is 390 g/mol. The quantitative estimate of drug-likeness (QED) is 0.776. The highest BCUT2D eigenvalue weighted by Crippen LogP contribution is 2.37. The largest absolute Gasteiger partial charge is 0.353 e. The Bertz CT molecular complexity index is 941. The topological polar surface area (TPSA) is 74.6 Å². The van der Waals surface area contributed by atoms with Gasteiger partial charge in [0.05, 0.1) is 18.3 Å². The second-order valence-electron chi connectivity index (χ2n) is 7.72. The van der Waals surface area contributed by atoms with Crippen LogP contribution in [0.25, 0.3) is 0 Å². The first-order valence-electron chi connectivity index (χ1n) is 9.20. The van der Waals surface area contributed by atoms with E-state index in [9.17, 15) is 8.42 Å². The van der Waals surface area contributed by atoms with Crippen LogP contribution in [-0.4, -0.2) is 70.7 Å². The van der Waals surface area contributed by atoms with Crippen molar-refractivity contribution in [3.8, 4) is 0 Å². The van der Waals surface area contributed by atoms with Crippen molar-refractivity contribution < 1.29 is 8.42 Å². The maximum atomic E-state index is 13.4. The number of hydrogen-bond acceptors (Lipinski definition) is 6. The molecule has 0 spiro atoms. The highest BCUT2D eigenvalue weighted by Gasteiger charge is 2.49. The number of rotatable bonds is 3. The molecule has 9 heteroatoms. The Balaban J connectivity index is 1.73. The zero-order chi connectivity index (χ0) is 19.3. The standard InChI is InChI=1S/C18H26N6O2S/c1-13(2)24-16-12-23(10-14-8-20-21(3)9-14)11-15(16)22(4)18-17(27(24,25)26)6-5-7-19-18/h5-9,13,15-16H,10-12H2,1-4H3/t15-,16-/m1/s1. The summed E-state index contributed by atoms with van der Waals surface area (Å²) in [4.78, 5) is 9.06. The van der Waals surface area contributed by atoms with E-state index in [1.807, 2.05) is 45.2 Å². The van der Waals surface area contributed by atoms with E-state index >= 15 is 0 Å². The van der Waals surface area contributed by atoms with Crippen LogP contribution in [0.3, 0.4) is 0 Å². The predicted molar refractivity (Wildman–Crippen MR) is 103 cm³/mol. The van der Waals surface area contributed by atoms with Crippen LogP contribution in [0, 0.1) is 0 Å². The summed E-state index contributed by atoms with van der Waals surface area (Å²) >= 11 is 0. The Labute approximate surface area is 160 Å². The highest BCUT2D eigenvalue weighted by atomic mass is 32.2. The van der Waals surface area contributed by atoms with E-state index in [4.69, 9.17) is 0 Å². The van der Waals surface area contributed by atoms with Crippen LogP contribution >= 0.6 is 0 Å². The van der Waals surface area contributed by atoms with Crippen LogP contribution in [0.4, 0.5) is 5.82 Å². The van der Waals surface area contributed by atoms with E-state index in [1.54, 1.807) is 27.3 Å². The van der Waals surface area contributed by atoms with E-state index in [0.717, 1.165) is 18.7 Å². The summed E-state index contributed by atoms with van der Waals surface area (Å²) < 4.78 is 30.4. The molecular weight excluding hydrogens is 364 g/mol. The van der Waals surface area contributed by atoms with Crippen molar-refractivity contribution in [1.29, 1.82) is 0 Å². The Morgan fingerprint density at radius 1 is 1.22 bits per heavy atom. The molecule has 2 aliphatic rings. The Kier molecular flexibility index (Phi) is 4.48. The van der Waals surface area contributed by atoms with Gasteiger partial charge in [-0.25, -0.2) is 13.4 Å². The van der Waals surface area contributed by atoms with Gasteiger partial charge in [-0.1, -0.05) is 0 Å². The van der Waals surface area contributed by atoms with Crippen LogP contribution in [0.5, 0.6) is 0 Å². The fraction of sp³-hybridized carbons (Fsp3) is 0.556. The Morgan fingerprint density at radius 3 is 2.63 bits per heavy atom. The third-order valence-electron chi connectivity index (χ3n) is 5.47. The first kappa shape index (κ1) is 18.4. The lowest BCUT2D eigenvalue weighted by atomic mass is 10.1. The van der Waals surface area contributed by atoms with Gasteiger partial charge >= 0.3 is 0 Å². The van der Waals surface area contributed by atoms with Gasteiger partial charge in [-0.05, 0) is 26.0 Å². The van der Waals surface area contributed by atoms with Gasteiger partial charge in [-0.3, -0.25) is 9.58 Å². The Hall–Kier alpha value is -1.97. The molecule has 2 atom stereocenters. The summed E-state index contributed by atoms with van der Waals surface area (Å²) in [6.45, 7) is 6.12. The van der Waals surface area contributed by atoms with Crippen LogP contribution in [0.1, 0.15) is 19.4 Å². The normalized spacial score (nSPS) is 25.4. The average molecular weight is 391 g/mol. The molecule has 146 valence electrons. The molecule has 27 heavy (non-hydrogen) atoms. The zero-order valence-corrected chi connectivity index (χ0v) is 17.0. The number of hydrogen-bond donors (Lipinski definition) is 0. The summed E-state index contributed by atoms with van der Waals surface area (Å²) in [5.41, 5.74) is 1.13. The van der Waals surface area contributed by atoms with Crippen molar-refractivity contribution >= 4 is 15.8 Å². The summed E-state index contributed by atoms with van der Waals surface area (Å²) in [5, 5.41) is 4.24. The lowest BCUT2D eigenvalue weighted by Crippen LogP contribution is -2.52. The van der Waals surface area contributed by atoms with E-state index in [0.29, 0.717) is 17.3 Å². The predicted octanol–water partition coefficient (Wildman–Crippen LogP) is 0.917. The molecule has 1 fully saturated rings. The van der Waals surface area contributed by atoms with Gasteiger partial charge in [0.25, 0.3) is 0 Å². The molecule has 0 radical (unpaired) electrons. The SMILES string of the molecule is CC(C)N1[C@@H]2CN(Cc3cnn(C)c3)C[C@H]2N(C)c2ncccc2S1(=O)=O. The maximum Gasteiger partial charge on any atom is 0.247 e. The number of anilines is 1. The van der Waals surface area contributed by atoms with Gasteiger partial charge in [0.2, 0.25) is 10.0 Å². The van der Waals surface area contributed by atoms with Gasteiger partial charge in [0.15, 0.2) is 0 Å². The zero-order valence-electron chi connectivity index (χ0n) is 16.1. The summed E-state index contributed by atoms with van der Waals surface area (Å²) in [6.07, 6.45) is 5.53. The minimum absolute atomic E-state index is 0.0509.